The Labute approximate surface area is 134 Å². The molecule has 2 heteroatoms. The van der Waals surface area contributed by atoms with Crippen LogP contribution in [0, 0.1) is 28.1 Å². The number of allylic oxidation sites excluding steroid dienone is 3. The molecule has 22 heavy (non-hydrogen) atoms. The molecule has 0 saturated heterocycles. The van der Waals surface area contributed by atoms with Crippen LogP contribution in [-0.4, -0.2) is 11.1 Å². The SMILES string of the molecule is C=C[C@]1(C)CC[C@@H]2C(=CC[C@H]3[C@]2(C)CCC[C@]3(C)C(=O)O)C1. The molecule has 2 fully saturated rings. The summed E-state index contributed by atoms with van der Waals surface area (Å²) in [4.78, 5) is 11.9. The molecule has 122 valence electrons. The second-order valence-corrected chi connectivity index (χ2v) is 8.78. The second kappa shape index (κ2) is 4.97. The van der Waals surface area contributed by atoms with Crippen molar-refractivity contribution in [3.05, 3.63) is 24.3 Å². The van der Waals surface area contributed by atoms with Gasteiger partial charge < -0.3 is 5.11 Å². The molecule has 0 spiro atoms. The molecule has 0 aromatic rings. The van der Waals surface area contributed by atoms with E-state index in [1.54, 1.807) is 5.57 Å². The minimum atomic E-state index is -0.591. The van der Waals surface area contributed by atoms with Gasteiger partial charge in [-0.25, -0.2) is 0 Å². The Balaban J connectivity index is 1.98. The molecule has 3 aliphatic rings. The van der Waals surface area contributed by atoms with Gasteiger partial charge in [-0.05, 0) is 68.1 Å². The van der Waals surface area contributed by atoms with E-state index in [4.69, 9.17) is 0 Å². The highest BCUT2D eigenvalue weighted by Gasteiger charge is 2.58. The molecular weight excluding hydrogens is 272 g/mol. The van der Waals surface area contributed by atoms with Gasteiger partial charge in [0.2, 0.25) is 0 Å². The number of hydrogen-bond acceptors (Lipinski definition) is 1. The third-order valence-corrected chi connectivity index (χ3v) is 7.43. The van der Waals surface area contributed by atoms with Crippen LogP contribution in [0.1, 0.15) is 65.7 Å². The molecule has 0 heterocycles. The van der Waals surface area contributed by atoms with Crippen molar-refractivity contribution in [2.45, 2.75) is 65.7 Å². The summed E-state index contributed by atoms with van der Waals surface area (Å²) in [6.45, 7) is 10.7. The summed E-state index contributed by atoms with van der Waals surface area (Å²) in [6, 6.07) is 0. The fourth-order valence-electron chi connectivity index (χ4n) is 5.86. The number of aliphatic carboxylic acids is 1. The molecular formula is C20H30O2. The van der Waals surface area contributed by atoms with E-state index in [-0.39, 0.29) is 16.7 Å². The Morgan fingerprint density at radius 3 is 2.68 bits per heavy atom. The largest absolute Gasteiger partial charge is 0.481 e. The summed E-state index contributed by atoms with van der Waals surface area (Å²) in [5.41, 5.74) is 1.43. The van der Waals surface area contributed by atoms with Gasteiger partial charge in [-0.1, -0.05) is 38.0 Å². The van der Waals surface area contributed by atoms with Crippen LogP contribution in [0.5, 0.6) is 0 Å². The van der Waals surface area contributed by atoms with Crippen LogP contribution in [0.25, 0.3) is 0 Å². The zero-order chi connectivity index (χ0) is 16.2. The molecule has 5 atom stereocenters. The smallest absolute Gasteiger partial charge is 0.309 e. The topological polar surface area (TPSA) is 37.3 Å². The van der Waals surface area contributed by atoms with Crippen molar-refractivity contribution >= 4 is 5.97 Å². The number of carbonyl (C=O) groups is 1. The van der Waals surface area contributed by atoms with Crippen molar-refractivity contribution in [1.82, 2.24) is 0 Å². The molecule has 0 aliphatic heterocycles. The lowest BCUT2D eigenvalue weighted by molar-refractivity contribution is -0.163. The zero-order valence-corrected chi connectivity index (χ0v) is 14.3. The average molecular weight is 302 g/mol. The fourth-order valence-corrected chi connectivity index (χ4v) is 5.86. The number of carboxylic acids is 1. The molecule has 0 aromatic carbocycles. The number of fused-ring (bicyclic) bond motifs is 3. The van der Waals surface area contributed by atoms with Crippen molar-refractivity contribution in [1.29, 1.82) is 0 Å². The summed E-state index contributed by atoms with van der Waals surface area (Å²) in [7, 11) is 0. The Hall–Kier alpha value is -1.05. The van der Waals surface area contributed by atoms with Crippen molar-refractivity contribution in [3.63, 3.8) is 0 Å². The lowest BCUT2D eigenvalue weighted by Crippen LogP contribution is -2.53. The molecule has 2 saturated carbocycles. The first-order valence-electron chi connectivity index (χ1n) is 8.81. The summed E-state index contributed by atoms with van der Waals surface area (Å²) in [5.74, 6) is 0.276. The minimum absolute atomic E-state index is 0.165. The van der Waals surface area contributed by atoms with E-state index in [0.29, 0.717) is 5.92 Å². The third-order valence-electron chi connectivity index (χ3n) is 7.43. The number of hydrogen-bond donors (Lipinski definition) is 1. The maximum absolute atomic E-state index is 11.9. The highest BCUT2D eigenvalue weighted by atomic mass is 16.4. The lowest BCUT2D eigenvalue weighted by Gasteiger charge is -2.58. The fraction of sp³-hybridized carbons (Fsp3) is 0.750. The van der Waals surface area contributed by atoms with Gasteiger partial charge in [0.15, 0.2) is 0 Å². The lowest BCUT2D eigenvalue weighted by atomic mass is 9.45. The summed E-state index contributed by atoms with van der Waals surface area (Å²) in [6.07, 6.45) is 12.0. The van der Waals surface area contributed by atoms with Crippen molar-refractivity contribution in [2.24, 2.45) is 28.1 Å². The third kappa shape index (κ3) is 2.10. The van der Waals surface area contributed by atoms with Gasteiger partial charge in [-0.3, -0.25) is 4.79 Å². The van der Waals surface area contributed by atoms with E-state index in [9.17, 15) is 9.90 Å². The quantitative estimate of drug-likeness (QED) is 0.711. The minimum Gasteiger partial charge on any atom is -0.481 e. The van der Waals surface area contributed by atoms with Gasteiger partial charge >= 0.3 is 5.97 Å². The summed E-state index contributed by atoms with van der Waals surface area (Å²) < 4.78 is 0. The Bertz CT molecular complexity index is 534. The van der Waals surface area contributed by atoms with E-state index < -0.39 is 11.4 Å². The van der Waals surface area contributed by atoms with Crippen LogP contribution in [0.4, 0.5) is 0 Å². The number of carboxylic acid groups (broad SMARTS) is 1. The Morgan fingerprint density at radius 1 is 1.32 bits per heavy atom. The molecule has 0 radical (unpaired) electrons. The molecule has 2 nitrogen and oxygen atoms in total. The van der Waals surface area contributed by atoms with Crippen molar-refractivity contribution < 1.29 is 9.90 Å². The van der Waals surface area contributed by atoms with Gasteiger partial charge in [-0.2, -0.15) is 0 Å². The van der Waals surface area contributed by atoms with Crippen LogP contribution < -0.4 is 0 Å². The van der Waals surface area contributed by atoms with E-state index in [1.165, 1.54) is 19.3 Å². The van der Waals surface area contributed by atoms with E-state index in [2.05, 4.69) is 32.6 Å². The average Bonchev–Trinajstić information content (AvgIpc) is 2.46. The van der Waals surface area contributed by atoms with E-state index >= 15 is 0 Å². The van der Waals surface area contributed by atoms with Crippen LogP contribution in [0.2, 0.25) is 0 Å². The maximum Gasteiger partial charge on any atom is 0.309 e. The van der Waals surface area contributed by atoms with Gasteiger partial charge in [0.1, 0.15) is 0 Å². The van der Waals surface area contributed by atoms with E-state index in [0.717, 1.165) is 25.7 Å². The van der Waals surface area contributed by atoms with Gasteiger partial charge in [0, 0.05) is 0 Å². The molecule has 0 bridgehead atoms. The van der Waals surface area contributed by atoms with Gasteiger partial charge in [-0.15, -0.1) is 6.58 Å². The maximum atomic E-state index is 11.9. The Morgan fingerprint density at radius 2 is 2.05 bits per heavy atom. The van der Waals surface area contributed by atoms with Gasteiger partial charge in [0.25, 0.3) is 0 Å². The standard InChI is InChI=1S/C20H30O2/c1-5-18(2)12-9-15-14(13-18)7-8-16-19(15,3)10-6-11-20(16,4)17(21)22/h5,7,15-16H,1,6,8-13H2,2-4H3,(H,21,22)/t15-,16+,18-,19-,20+/m1/s1. The van der Waals surface area contributed by atoms with Crippen LogP contribution >= 0.6 is 0 Å². The van der Waals surface area contributed by atoms with Gasteiger partial charge in [0.05, 0.1) is 5.41 Å². The summed E-state index contributed by atoms with van der Waals surface area (Å²) >= 11 is 0. The molecule has 0 aromatic heterocycles. The monoisotopic (exact) mass is 302 g/mol. The predicted octanol–water partition coefficient (Wildman–Crippen LogP) is 5.21. The number of rotatable bonds is 2. The molecule has 0 unspecified atom stereocenters. The highest BCUT2D eigenvalue weighted by Crippen LogP contribution is 2.63. The first-order valence-corrected chi connectivity index (χ1v) is 8.81. The highest BCUT2D eigenvalue weighted by molar-refractivity contribution is 5.75. The van der Waals surface area contributed by atoms with Crippen LogP contribution in [0.15, 0.2) is 24.3 Å². The first kappa shape index (κ1) is 15.8. The summed E-state index contributed by atoms with van der Waals surface area (Å²) in [5, 5.41) is 9.83. The predicted molar refractivity (Wildman–Crippen MR) is 89.5 cm³/mol. The molecule has 3 aliphatic carbocycles. The molecule has 1 N–H and O–H groups in total. The van der Waals surface area contributed by atoms with Crippen LogP contribution in [-0.2, 0) is 4.79 Å². The van der Waals surface area contributed by atoms with Crippen molar-refractivity contribution in [2.75, 3.05) is 0 Å². The first-order chi connectivity index (χ1) is 10.3. The van der Waals surface area contributed by atoms with Crippen LogP contribution in [0.3, 0.4) is 0 Å². The second-order valence-electron chi connectivity index (χ2n) is 8.78. The normalized spacial score (nSPS) is 47.9. The Kier molecular flexibility index (Phi) is 3.58. The van der Waals surface area contributed by atoms with E-state index in [1.807, 2.05) is 6.92 Å². The van der Waals surface area contributed by atoms with Crippen molar-refractivity contribution in [3.8, 4) is 0 Å². The molecule has 0 amide bonds. The zero-order valence-electron chi connectivity index (χ0n) is 14.3. The molecule has 3 rings (SSSR count).